The SMILES string of the molecule is CCc1ccc(N2C(=O)CS[C@@H]2c2ccc(NC(=O)C(C)C)cc2)cc1. The zero-order valence-electron chi connectivity index (χ0n) is 15.4. The molecule has 3 rings (SSSR count). The molecule has 136 valence electrons. The molecule has 1 N–H and O–H groups in total. The monoisotopic (exact) mass is 368 g/mol. The first-order valence-electron chi connectivity index (χ1n) is 8.93. The Morgan fingerprint density at radius 1 is 1.15 bits per heavy atom. The lowest BCUT2D eigenvalue weighted by Crippen LogP contribution is -2.27. The fraction of sp³-hybridized carbons (Fsp3) is 0.333. The minimum absolute atomic E-state index is 0.000750. The van der Waals surface area contributed by atoms with E-state index in [0.29, 0.717) is 5.75 Å². The van der Waals surface area contributed by atoms with Crippen LogP contribution in [0, 0.1) is 5.92 Å². The summed E-state index contributed by atoms with van der Waals surface area (Å²) in [5.74, 6) is 0.549. The van der Waals surface area contributed by atoms with Gasteiger partial charge in [0.2, 0.25) is 11.8 Å². The van der Waals surface area contributed by atoms with Crippen LogP contribution in [0.4, 0.5) is 11.4 Å². The maximum Gasteiger partial charge on any atom is 0.238 e. The number of thioether (sulfide) groups is 1. The highest BCUT2D eigenvalue weighted by Crippen LogP contribution is 2.42. The Bertz CT molecular complexity index is 785. The van der Waals surface area contributed by atoms with Crippen molar-refractivity contribution < 1.29 is 9.59 Å². The van der Waals surface area contributed by atoms with Gasteiger partial charge in [-0.1, -0.05) is 45.0 Å². The Hall–Kier alpha value is -2.27. The molecule has 1 saturated heterocycles. The summed E-state index contributed by atoms with van der Waals surface area (Å²) in [4.78, 5) is 26.1. The molecule has 0 radical (unpaired) electrons. The van der Waals surface area contributed by atoms with Crippen molar-refractivity contribution in [2.24, 2.45) is 5.92 Å². The lowest BCUT2D eigenvalue weighted by atomic mass is 10.1. The average Bonchev–Trinajstić information content (AvgIpc) is 3.04. The van der Waals surface area contributed by atoms with E-state index in [1.165, 1.54) is 5.56 Å². The second-order valence-electron chi connectivity index (χ2n) is 6.71. The van der Waals surface area contributed by atoms with Gasteiger partial charge < -0.3 is 5.32 Å². The van der Waals surface area contributed by atoms with Crippen molar-refractivity contribution in [1.29, 1.82) is 0 Å². The molecule has 1 aliphatic heterocycles. The molecule has 0 aliphatic carbocycles. The van der Waals surface area contributed by atoms with E-state index in [4.69, 9.17) is 0 Å². The summed E-state index contributed by atoms with van der Waals surface area (Å²) >= 11 is 1.63. The molecular formula is C21H24N2O2S. The van der Waals surface area contributed by atoms with Gasteiger partial charge in [0.05, 0.1) is 5.75 Å². The van der Waals surface area contributed by atoms with Crippen LogP contribution in [-0.4, -0.2) is 17.6 Å². The lowest BCUT2D eigenvalue weighted by Gasteiger charge is -2.24. The highest BCUT2D eigenvalue weighted by molar-refractivity contribution is 8.00. The van der Waals surface area contributed by atoms with Crippen molar-refractivity contribution in [3.63, 3.8) is 0 Å². The molecule has 0 bridgehead atoms. The number of nitrogens with zero attached hydrogens (tertiary/aromatic N) is 1. The highest BCUT2D eigenvalue weighted by atomic mass is 32.2. The second-order valence-corrected chi connectivity index (χ2v) is 7.78. The Balaban J connectivity index is 1.80. The van der Waals surface area contributed by atoms with Gasteiger partial charge in [0, 0.05) is 17.3 Å². The van der Waals surface area contributed by atoms with E-state index in [1.54, 1.807) is 11.8 Å². The van der Waals surface area contributed by atoms with E-state index >= 15 is 0 Å². The van der Waals surface area contributed by atoms with E-state index in [9.17, 15) is 9.59 Å². The Morgan fingerprint density at radius 2 is 1.81 bits per heavy atom. The molecule has 1 fully saturated rings. The summed E-state index contributed by atoms with van der Waals surface area (Å²) in [5.41, 5.74) is 4.03. The third-order valence-electron chi connectivity index (χ3n) is 4.48. The fourth-order valence-corrected chi connectivity index (χ4v) is 4.04. The number of carbonyl (C=O) groups is 2. The molecule has 0 unspecified atom stereocenters. The molecule has 4 nitrogen and oxygen atoms in total. The number of benzene rings is 2. The quantitative estimate of drug-likeness (QED) is 0.838. The third kappa shape index (κ3) is 3.93. The van der Waals surface area contributed by atoms with Gasteiger partial charge in [-0.2, -0.15) is 0 Å². The molecule has 2 aromatic carbocycles. The molecular weight excluding hydrogens is 344 g/mol. The maximum atomic E-state index is 12.4. The van der Waals surface area contributed by atoms with Gasteiger partial charge in [-0.3, -0.25) is 14.5 Å². The molecule has 1 heterocycles. The van der Waals surface area contributed by atoms with Crippen molar-refractivity contribution in [2.75, 3.05) is 16.0 Å². The molecule has 1 atom stereocenters. The predicted molar refractivity (Wildman–Crippen MR) is 108 cm³/mol. The number of hydrogen-bond donors (Lipinski definition) is 1. The van der Waals surface area contributed by atoms with Crippen LogP contribution in [0.1, 0.15) is 37.3 Å². The van der Waals surface area contributed by atoms with Crippen LogP contribution in [0.25, 0.3) is 0 Å². The van der Waals surface area contributed by atoms with Gasteiger partial charge in [-0.05, 0) is 41.8 Å². The first-order valence-corrected chi connectivity index (χ1v) is 9.98. The topological polar surface area (TPSA) is 49.4 Å². The largest absolute Gasteiger partial charge is 0.326 e. The standard InChI is InChI=1S/C21H24N2O2S/c1-4-15-5-11-18(12-6-15)23-19(24)13-26-21(23)16-7-9-17(10-8-16)22-20(25)14(2)3/h5-12,14,21H,4,13H2,1-3H3,(H,22,25)/t21-/m1/s1. The van der Waals surface area contributed by atoms with Crippen LogP contribution < -0.4 is 10.2 Å². The molecule has 26 heavy (non-hydrogen) atoms. The van der Waals surface area contributed by atoms with Crippen molar-refractivity contribution in [2.45, 2.75) is 32.6 Å². The summed E-state index contributed by atoms with van der Waals surface area (Å²) in [6.45, 7) is 5.85. The van der Waals surface area contributed by atoms with Gasteiger partial charge in [0.1, 0.15) is 5.37 Å². The van der Waals surface area contributed by atoms with Crippen LogP contribution in [-0.2, 0) is 16.0 Å². The minimum Gasteiger partial charge on any atom is -0.326 e. The summed E-state index contributed by atoms with van der Waals surface area (Å²) in [5, 5.41) is 2.86. The minimum atomic E-state index is -0.0562. The van der Waals surface area contributed by atoms with E-state index in [2.05, 4.69) is 24.4 Å². The molecule has 2 amide bonds. The van der Waals surface area contributed by atoms with Crippen molar-refractivity contribution in [3.8, 4) is 0 Å². The summed E-state index contributed by atoms with van der Waals surface area (Å²) in [6.07, 6.45) is 0.982. The Kier molecular flexibility index (Phi) is 5.67. The average molecular weight is 369 g/mol. The second kappa shape index (κ2) is 7.96. The van der Waals surface area contributed by atoms with Gasteiger partial charge in [-0.25, -0.2) is 0 Å². The Labute approximate surface area is 159 Å². The van der Waals surface area contributed by atoms with Crippen LogP contribution in [0.5, 0.6) is 0 Å². The van der Waals surface area contributed by atoms with E-state index in [-0.39, 0.29) is 23.1 Å². The zero-order valence-corrected chi connectivity index (χ0v) is 16.2. The molecule has 1 aliphatic rings. The first kappa shape index (κ1) is 18.5. The fourth-order valence-electron chi connectivity index (χ4n) is 2.86. The first-order chi connectivity index (χ1) is 12.5. The molecule has 0 saturated carbocycles. The lowest BCUT2D eigenvalue weighted by molar-refractivity contribution is -0.119. The summed E-state index contributed by atoms with van der Waals surface area (Å²) < 4.78 is 0. The number of anilines is 2. The smallest absolute Gasteiger partial charge is 0.238 e. The van der Waals surface area contributed by atoms with E-state index in [1.807, 2.05) is 55.1 Å². The molecule has 5 heteroatoms. The van der Waals surface area contributed by atoms with Crippen LogP contribution in [0.3, 0.4) is 0 Å². The van der Waals surface area contributed by atoms with Crippen LogP contribution in [0.15, 0.2) is 48.5 Å². The van der Waals surface area contributed by atoms with Crippen molar-refractivity contribution in [1.82, 2.24) is 0 Å². The number of carbonyl (C=O) groups excluding carboxylic acids is 2. The summed E-state index contributed by atoms with van der Waals surface area (Å²) in [6, 6.07) is 16.0. The number of rotatable bonds is 5. The van der Waals surface area contributed by atoms with Crippen LogP contribution in [0.2, 0.25) is 0 Å². The number of hydrogen-bond acceptors (Lipinski definition) is 3. The van der Waals surface area contributed by atoms with E-state index in [0.717, 1.165) is 23.4 Å². The van der Waals surface area contributed by atoms with Gasteiger partial charge in [-0.15, -0.1) is 11.8 Å². The van der Waals surface area contributed by atoms with Crippen molar-refractivity contribution >= 4 is 35.0 Å². The zero-order chi connectivity index (χ0) is 18.7. The molecule has 0 aromatic heterocycles. The summed E-state index contributed by atoms with van der Waals surface area (Å²) in [7, 11) is 0. The number of aryl methyl sites for hydroxylation is 1. The van der Waals surface area contributed by atoms with Crippen LogP contribution >= 0.6 is 11.8 Å². The van der Waals surface area contributed by atoms with E-state index < -0.39 is 0 Å². The van der Waals surface area contributed by atoms with Gasteiger partial charge in [0.25, 0.3) is 0 Å². The molecule has 0 spiro atoms. The number of nitrogens with one attached hydrogen (secondary N) is 1. The predicted octanol–water partition coefficient (Wildman–Crippen LogP) is 4.62. The van der Waals surface area contributed by atoms with Gasteiger partial charge >= 0.3 is 0 Å². The van der Waals surface area contributed by atoms with Crippen molar-refractivity contribution in [3.05, 3.63) is 59.7 Å². The van der Waals surface area contributed by atoms with Gasteiger partial charge in [0.15, 0.2) is 0 Å². The molecule has 2 aromatic rings. The highest BCUT2D eigenvalue weighted by Gasteiger charge is 2.33. The third-order valence-corrected chi connectivity index (χ3v) is 5.69. The normalized spacial score (nSPS) is 17.0. The maximum absolute atomic E-state index is 12.4. The number of amides is 2. The Morgan fingerprint density at radius 3 is 2.38 bits per heavy atom.